The van der Waals surface area contributed by atoms with Crippen LogP contribution in [0.1, 0.15) is 36.8 Å². The van der Waals surface area contributed by atoms with E-state index in [9.17, 15) is 27.1 Å². The molecule has 3 fully saturated rings. The normalized spacial score (nSPS) is 25.4. The Morgan fingerprint density at radius 3 is 2.33 bits per heavy atom. The Labute approximate surface area is 202 Å². The van der Waals surface area contributed by atoms with E-state index in [1.54, 1.807) is 24.3 Å². The van der Waals surface area contributed by atoms with E-state index < -0.39 is 36.1 Å². The first-order valence-electron chi connectivity index (χ1n) is 11.3. The van der Waals surface area contributed by atoms with Crippen LogP contribution in [0.2, 0.25) is 0 Å². The molecule has 0 spiro atoms. The van der Waals surface area contributed by atoms with Crippen LogP contribution in [0.5, 0.6) is 5.75 Å². The van der Waals surface area contributed by atoms with Gasteiger partial charge in [-0.1, -0.05) is 18.2 Å². The predicted octanol–water partition coefficient (Wildman–Crippen LogP) is 3.65. The van der Waals surface area contributed by atoms with Gasteiger partial charge in [0.25, 0.3) is 0 Å². The average molecular weight is 510 g/mol. The summed E-state index contributed by atoms with van der Waals surface area (Å²) in [6.07, 6.45) is -3.72. The van der Waals surface area contributed by atoms with E-state index in [-0.39, 0.29) is 35.1 Å². The maximum atomic E-state index is 14.7. The number of aliphatic hydroxyl groups excluding tert-OH is 1. The third-order valence-corrected chi connectivity index (χ3v) is 7.29. The number of aliphatic hydroxyl groups is 2. The Bertz CT molecular complexity index is 1220. The summed E-state index contributed by atoms with van der Waals surface area (Å²) >= 11 is 0. The minimum Gasteiger partial charge on any atom is -0.491 e. The first-order chi connectivity index (χ1) is 16.9. The number of ether oxygens (including phenoxy) is 1. The van der Waals surface area contributed by atoms with Gasteiger partial charge in [0.1, 0.15) is 29.6 Å². The fraction of sp³-hybridized carbons (Fsp3) is 0.458. The average Bonchev–Trinajstić information content (AvgIpc) is 3.26. The summed E-state index contributed by atoms with van der Waals surface area (Å²) in [4.78, 5) is 1.17. The van der Waals surface area contributed by atoms with Crippen molar-refractivity contribution >= 4 is 0 Å². The summed E-state index contributed by atoms with van der Waals surface area (Å²) < 4.78 is 70.6. The molecule has 0 saturated heterocycles. The molecule has 2 aromatic carbocycles. The molecule has 1 heterocycles. The second-order valence-electron chi connectivity index (χ2n) is 10.0. The van der Waals surface area contributed by atoms with Gasteiger partial charge in [-0.3, -0.25) is 0 Å². The van der Waals surface area contributed by atoms with Crippen LogP contribution in [0, 0.1) is 17.0 Å². The molecule has 12 heteroatoms. The topological polar surface area (TPSA) is 93.3 Å². The molecule has 2 bridgehead atoms. The number of aromatic nitrogens is 4. The summed E-state index contributed by atoms with van der Waals surface area (Å²) in [7, 11) is 0. The number of rotatable bonds is 9. The highest BCUT2D eigenvalue weighted by Crippen LogP contribution is 2.76. The molecule has 3 aromatic rings. The molecule has 1 unspecified atom stereocenters. The Morgan fingerprint density at radius 2 is 1.75 bits per heavy atom. The van der Waals surface area contributed by atoms with Crippen LogP contribution in [-0.2, 0) is 17.6 Å². The van der Waals surface area contributed by atoms with Gasteiger partial charge in [-0.15, -0.1) is 10.2 Å². The largest absolute Gasteiger partial charge is 0.491 e. The van der Waals surface area contributed by atoms with Crippen molar-refractivity contribution in [3.05, 3.63) is 71.6 Å². The van der Waals surface area contributed by atoms with Crippen LogP contribution in [0.4, 0.5) is 22.0 Å². The highest BCUT2D eigenvalue weighted by Gasteiger charge is 2.69. The molecule has 3 saturated carbocycles. The van der Waals surface area contributed by atoms with E-state index in [0.29, 0.717) is 0 Å². The van der Waals surface area contributed by atoms with Crippen LogP contribution >= 0.6 is 0 Å². The first kappa shape index (κ1) is 24.6. The van der Waals surface area contributed by atoms with Gasteiger partial charge in [-0.05, 0) is 65.5 Å². The van der Waals surface area contributed by atoms with E-state index in [1.807, 2.05) is 0 Å². The van der Waals surface area contributed by atoms with Crippen LogP contribution in [0.25, 0.3) is 0 Å². The van der Waals surface area contributed by atoms with Gasteiger partial charge >= 0.3 is 6.18 Å². The fourth-order valence-corrected chi connectivity index (χ4v) is 5.88. The van der Waals surface area contributed by atoms with Crippen molar-refractivity contribution in [2.75, 3.05) is 6.61 Å². The molecule has 1 aromatic heterocycles. The van der Waals surface area contributed by atoms with E-state index in [0.717, 1.165) is 37.0 Å². The molecule has 6 rings (SSSR count). The van der Waals surface area contributed by atoms with Gasteiger partial charge in [0.15, 0.2) is 12.4 Å². The van der Waals surface area contributed by atoms with Crippen molar-refractivity contribution in [3.63, 3.8) is 0 Å². The third kappa shape index (κ3) is 4.43. The van der Waals surface area contributed by atoms with E-state index in [1.165, 1.54) is 17.2 Å². The Balaban J connectivity index is 1.27. The summed E-state index contributed by atoms with van der Waals surface area (Å²) in [5.41, 5.74) is -1.15. The lowest BCUT2D eigenvalue weighted by atomic mass is 9.32. The Kier molecular flexibility index (Phi) is 5.79. The van der Waals surface area contributed by atoms with Crippen molar-refractivity contribution in [1.29, 1.82) is 0 Å². The fourth-order valence-electron chi connectivity index (χ4n) is 5.88. The summed E-state index contributed by atoms with van der Waals surface area (Å²) in [5, 5.41) is 32.0. The first-order valence-corrected chi connectivity index (χ1v) is 11.3. The molecular formula is C24H23F5N4O3. The standard InChI is InChI=1S/C24H23F5N4O3/c25-16-3-6-18(19(26)7-16)23(35,13-33-31-14-30-32-33)12-21-9-22(10-21,11-21)15-1-4-17(5-2-15)36-8-20(34)24(27,28)29/h1-7,14,20,34-35H,8-13H2/t20-,21?,22?,23?/m1/s1. The van der Waals surface area contributed by atoms with E-state index >= 15 is 0 Å². The van der Waals surface area contributed by atoms with Gasteiger partial charge < -0.3 is 14.9 Å². The smallest absolute Gasteiger partial charge is 0.417 e. The molecular weight excluding hydrogens is 487 g/mol. The van der Waals surface area contributed by atoms with Crippen molar-refractivity contribution < 1.29 is 36.9 Å². The summed E-state index contributed by atoms with van der Waals surface area (Å²) in [5.74, 6) is -1.39. The molecule has 0 amide bonds. The molecule has 36 heavy (non-hydrogen) atoms. The lowest BCUT2D eigenvalue weighted by molar-refractivity contribution is -0.210. The van der Waals surface area contributed by atoms with Crippen molar-refractivity contribution in [3.8, 4) is 5.75 Å². The number of alkyl halides is 3. The Hall–Kier alpha value is -3.12. The highest BCUT2D eigenvalue weighted by molar-refractivity contribution is 5.42. The zero-order valence-corrected chi connectivity index (χ0v) is 18.9. The van der Waals surface area contributed by atoms with Crippen molar-refractivity contribution in [2.45, 2.75) is 55.5 Å². The van der Waals surface area contributed by atoms with Crippen LogP contribution in [0.15, 0.2) is 48.8 Å². The zero-order chi connectivity index (χ0) is 25.8. The van der Waals surface area contributed by atoms with E-state index in [2.05, 4.69) is 15.4 Å². The number of halogens is 5. The highest BCUT2D eigenvalue weighted by atomic mass is 19.4. The maximum absolute atomic E-state index is 14.7. The molecule has 0 radical (unpaired) electrons. The number of hydrogen-bond acceptors (Lipinski definition) is 6. The number of tetrazole rings is 1. The van der Waals surface area contributed by atoms with Gasteiger partial charge in [-0.2, -0.15) is 18.0 Å². The summed E-state index contributed by atoms with van der Waals surface area (Å²) in [6, 6.07) is 9.75. The second kappa shape index (κ2) is 8.48. The monoisotopic (exact) mass is 510 g/mol. The van der Waals surface area contributed by atoms with Crippen molar-refractivity contribution in [2.24, 2.45) is 5.41 Å². The molecule has 7 nitrogen and oxygen atoms in total. The van der Waals surface area contributed by atoms with Gasteiger partial charge in [0.05, 0.1) is 6.54 Å². The molecule has 0 aliphatic heterocycles. The lowest BCUT2D eigenvalue weighted by Gasteiger charge is -2.72. The predicted molar refractivity (Wildman–Crippen MR) is 115 cm³/mol. The lowest BCUT2D eigenvalue weighted by Crippen LogP contribution is -2.66. The molecule has 2 atom stereocenters. The van der Waals surface area contributed by atoms with E-state index in [4.69, 9.17) is 9.84 Å². The minimum absolute atomic E-state index is 0.0393. The number of nitrogens with zero attached hydrogens (tertiary/aromatic N) is 4. The third-order valence-electron chi connectivity index (χ3n) is 7.29. The van der Waals surface area contributed by atoms with Crippen LogP contribution in [-0.4, -0.2) is 49.3 Å². The van der Waals surface area contributed by atoms with Gasteiger partial charge in [-0.25, -0.2) is 8.78 Å². The SMILES string of the molecule is O[C@H](COc1ccc(C23CC(CC(O)(Cn4ncnn4)c4ccc(F)cc4F)(C2)C3)cc1)C(F)(F)F. The number of benzene rings is 2. The summed E-state index contributed by atoms with van der Waals surface area (Å²) in [6.45, 7) is -1.05. The maximum Gasteiger partial charge on any atom is 0.417 e. The molecule has 3 aliphatic rings. The molecule has 3 aliphatic carbocycles. The minimum atomic E-state index is -4.75. The van der Waals surface area contributed by atoms with Crippen LogP contribution in [0.3, 0.4) is 0 Å². The molecule has 2 N–H and O–H groups in total. The molecule has 192 valence electrons. The quantitative estimate of drug-likeness (QED) is 0.427. The Morgan fingerprint density at radius 1 is 1.06 bits per heavy atom. The zero-order valence-electron chi connectivity index (χ0n) is 18.9. The van der Waals surface area contributed by atoms with Crippen molar-refractivity contribution in [1.82, 2.24) is 20.2 Å². The van der Waals surface area contributed by atoms with Gasteiger partial charge in [0.2, 0.25) is 0 Å². The van der Waals surface area contributed by atoms with Gasteiger partial charge in [0, 0.05) is 11.6 Å². The van der Waals surface area contributed by atoms with Crippen LogP contribution < -0.4 is 4.74 Å². The number of hydrogen-bond donors (Lipinski definition) is 2. The second-order valence-corrected chi connectivity index (χ2v) is 10.0.